The van der Waals surface area contributed by atoms with Crippen molar-refractivity contribution >= 4 is 11.9 Å². The average Bonchev–Trinajstić information content (AvgIpc) is 2.61. The smallest absolute Gasteiger partial charge is 0.307 e. The van der Waals surface area contributed by atoms with Crippen LogP contribution in [0.25, 0.3) is 0 Å². The average molecular weight is 349 g/mol. The van der Waals surface area contributed by atoms with Crippen molar-refractivity contribution in [2.75, 3.05) is 26.8 Å². The van der Waals surface area contributed by atoms with Gasteiger partial charge in [-0.3, -0.25) is 9.59 Å². The first-order valence-corrected chi connectivity index (χ1v) is 9.03. The summed E-state index contributed by atoms with van der Waals surface area (Å²) in [6, 6.07) is 5.80. The summed E-state index contributed by atoms with van der Waals surface area (Å²) in [6.45, 7) is 7.15. The molecule has 1 aromatic rings. The Hall–Kier alpha value is -2.04. The molecule has 0 aliphatic carbocycles. The lowest BCUT2D eigenvalue weighted by molar-refractivity contribution is -0.142. The van der Waals surface area contributed by atoms with Gasteiger partial charge < -0.3 is 14.4 Å². The third-order valence-corrected chi connectivity index (χ3v) is 4.35. The maximum atomic E-state index is 12.5. The topological polar surface area (TPSA) is 55.8 Å². The second-order valence-corrected chi connectivity index (χ2v) is 6.25. The van der Waals surface area contributed by atoms with Crippen LogP contribution in [0.3, 0.4) is 0 Å². The van der Waals surface area contributed by atoms with E-state index >= 15 is 0 Å². The van der Waals surface area contributed by atoms with Gasteiger partial charge in [0.15, 0.2) is 6.61 Å². The van der Waals surface area contributed by atoms with Crippen LogP contribution in [0.15, 0.2) is 18.2 Å². The zero-order chi connectivity index (χ0) is 18.7. The van der Waals surface area contributed by atoms with Crippen molar-refractivity contribution < 1.29 is 19.1 Å². The Bertz CT molecular complexity index is 557. The minimum atomic E-state index is -0.304. The second kappa shape index (κ2) is 11.5. The molecular formula is C20H31NO4. The standard InChI is InChI=1S/C20H31NO4/c1-5-6-7-8-13-21(14-12-20(23)24-4)19(22)15-25-18-11-9-10-16(2)17(18)3/h9-11H,5-8,12-15H2,1-4H3. The maximum Gasteiger partial charge on any atom is 0.307 e. The molecule has 0 spiro atoms. The number of hydrogen-bond acceptors (Lipinski definition) is 4. The molecule has 5 nitrogen and oxygen atoms in total. The van der Waals surface area contributed by atoms with E-state index in [1.54, 1.807) is 4.90 Å². The lowest BCUT2D eigenvalue weighted by Gasteiger charge is -2.22. The zero-order valence-electron chi connectivity index (χ0n) is 16.0. The van der Waals surface area contributed by atoms with Gasteiger partial charge in [-0.25, -0.2) is 0 Å². The van der Waals surface area contributed by atoms with E-state index in [1.165, 1.54) is 7.11 Å². The molecule has 1 aromatic carbocycles. The van der Waals surface area contributed by atoms with Crippen LogP contribution in [-0.4, -0.2) is 43.6 Å². The number of benzene rings is 1. The van der Waals surface area contributed by atoms with Gasteiger partial charge in [-0.05, 0) is 37.5 Å². The number of hydrogen-bond donors (Lipinski definition) is 0. The number of carbonyl (C=O) groups is 2. The summed E-state index contributed by atoms with van der Waals surface area (Å²) in [7, 11) is 1.36. The maximum absolute atomic E-state index is 12.5. The van der Waals surface area contributed by atoms with Crippen molar-refractivity contribution in [3.05, 3.63) is 29.3 Å². The van der Waals surface area contributed by atoms with Gasteiger partial charge in [-0.1, -0.05) is 38.3 Å². The van der Waals surface area contributed by atoms with Gasteiger partial charge in [-0.15, -0.1) is 0 Å². The zero-order valence-corrected chi connectivity index (χ0v) is 16.0. The van der Waals surface area contributed by atoms with E-state index in [2.05, 4.69) is 11.7 Å². The monoisotopic (exact) mass is 349 g/mol. The fraction of sp³-hybridized carbons (Fsp3) is 0.600. The lowest BCUT2D eigenvalue weighted by atomic mass is 10.1. The summed E-state index contributed by atoms with van der Waals surface area (Å²) in [5.74, 6) is 0.329. The summed E-state index contributed by atoms with van der Waals surface area (Å²) in [5, 5.41) is 0. The third-order valence-electron chi connectivity index (χ3n) is 4.35. The molecule has 1 amide bonds. The third kappa shape index (κ3) is 7.59. The van der Waals surface area contributed by atoms with Crippen molar-refractivity contribution in [3.63, 3.8) is 0 Å². The summed E-state index contributed by atoms with van der Waals surface area (Å²) in [5.41, 5.74) is 2.17. The molecule has 0 saturated carbocycles. The molecule has 0 saturated heterocycles. The first-order chi connectivity index (χ1) is 12.0. The lowest BCUT2D eigenvalue weighted by Crippen LogP contribution is -2.37. The Kier molecular flexibility index (Phi) is 9.66. The van der Waals surface area contributed by atoms with Crippen molar-refractivity contribution in [1.29, 1.82) is 0 Å². The van der Waals surface area contributed by atoms with Gasteiger partial charge >= 0.3 is 5.97 Å². The predicted molar refractivity (Wildman–Crippen MR) is 98.8 cm³/mol. The van der Waals surface area contributed by atoms with Crippen LogP contribution in [0.5, 0.6) is 5.75 Å². The van der Waals surface area contributed by atoms with E-state index < -0.39 is 0 Å². The summed E-state index contributed by atoms with van der Waals surface area (Å²) >= 11 is 0. The molecule has 25 heavy (non-hydrogen) atoms. The van der Waals surface area contributed by atoms with E-state index in [1.807, 2.05) is 32.0 Å². The number of amides is 1. The van der Waals surface area contributed by atoms with Gasteiger partial charge in [0.1, 0.15) is 5.75 Å². The van der Waals surface area contributed by atoms with Gasteiger partial charge in [-0.2, -0.15) is 0 Å². The van der Waals surface area contributed by atoms with Crippen molar-refractivity contribution in [2.45, 2.75) is 52.9 Å². The van der Waals surface area contributed by atoms with Crippen molar-refractivity contribution in [2.24, 2.45) is 0 Å². The molecule has 1 rings (SSSR count). The van der Waals surface area contributed by atoms with Crippen molar-refractivity contribution in [1.82, 2.24) is 4.90 Å². The number of unbranched alkanes of at least 4 members (excludes halogenated alkanes) is 3. The summed E-state index contributed by atoms with van der Waals surface area (Å²) in [6.07, 6.45) is 4.52. The van der Waals surface area contributed by atoms with E-state index in [0.29, 0.717) is 13.1 Å². The number of ether oxygens (including phenoxy) is 2. The highest BCUT2D eigenvalue weighted by Crippen LogP contribution is 2.20. The molecule has 5 heteroatoms. The first-order valence-electron chi connectivity index (χ1n) is 9.03. The van der Waals surface area contributed by atoms with E-state index in [-0.39, 0.29) is 24.9 Å². The molecule has 0 aromatic heterocycles. The van der Waals surface area contributed by atoms with Crippen LogP contribution < -0.4 is 4.74 Å². The molecule has 0 fully saturated rings. The van der Waals surface area contributed by atoms with E-state index in [4.69, 9.17) is 4.74 Å². The second-order valence-electron chi connectivity index (χ2n) is 6.25. The van der Waals surface area contributed by atoms with Crippen LogP contribution in [0.2, 0.25) is 0 Å². The van der Waals surface area contributed by atoms with Gasteiger partial charge in [0.2, 0.25) is 0 Å². The first kappa shape index (κ1) is 21.0. The van der Waals surface area contributed by atoms with Crippen molar-refractivity contribution in [3.8, 4) is 5.75 Å². The van der Waals surface area contributed by atoms with Crippen LogP contribution in [-0.2, 0) is 14.3 Å². The molecule has 0 N–H and O–H groups in total. The highest BCUT2D eigenvalue weighted by atomic mass is 16.5. The number of nitrogens with zero attached hydrogens (tertiary/aromatic N) is 1. The molecule has 0 radical (unpaired) electrons. The summed E-state index contributed by atoms with van der Waals surface area (Å²) in [4.78, 5) is 25.6. The minimum Gasteiger partial charge on any atom is -0.483 e. The Balaban J connectivity index is 2.60. The molecule has 0 bridgehead atoms. The Morgan fingerprint density at radius 2 is 1.84 bits per heavy atom. The molecule has 0 heterocycles. The molecule has 0 unspecified atom stereocenters. The molecule has 0 aliphatic rings. The fourth-order valence-corrected chi connectivity index (χ4v) is 2.53. The summed E-state index contributed by atoms with van der Waals surface area (Å²) < 4.78 is 10.4. The predicted octanol–water partition coefficient (Wildman–Crippen LogP) is 3.65. The van der Waals surface area contributed by atoms with Crippen LogP contribution in [0, 0.1) is 13.8 Å². The van der Waals surface area contributed by atoms with Crippen LogP contribution >= 0.6 is 0 Å². The highest BCUT2D eigenvalue weighted by molar-refractivity contribution is 5.78. The number of methoxy groups -OCH3 is 1. The Morgan fingerprint density at radius 1 is 1.08 bits per heavy atom. The van der Waals surface area contributed by atoms with Gasteiger partial charge in [0.25, 0.3) is 5.91 Å². The number of carbonyl (C=O) groups excluding carboxylic acids is 2. The van der Waals surface area contributed by atoms with E-state index in [9.17, 15) is 9.59 Å². The van der Waals surface area contributed by atoms with Crippen LogP contribution in [0.1, 0.15) is 50.2 Å². The molecule has 140 valence electrons. The largest absolute Gasteiger partial charge is 0.483 e. The van der Waals surface area contributed by atoms with Crippen LogP contribution in [0.4, 0.5) is 0 Å². The highest BCUT2D eigenvalue weighted by Gasteiger charge is 2.16. The van der Waals surface area contributed by atoms with Gasteiger partial charge in [0, 0.05) is 13.1 Å². The molecular weight excluding hydrogens is 318 g/mol. The van der Waals surface area contributed by atoms with Gasteiger partial charge in [0.05, 0.1) is 13.5 Å². The molecule has 0 atom stereocenters. The number of esters is 1. The number of aryl methyl sites for hydroxylation is 1. The molecule has 0 aliphatic heterocycles. The fourth-order valence-electron chi connectivity index (χ4n) is 2.53. The Morgan fingerprint density at radius 3 is 2.52 bits per heavy atom. The Labute approximate surface area is 151 Å². The minimum absolute atomic E-state index is 0.0146. The normalized spacial score (nSPS) is 10.4. The quantitative estimate of drug-likeness (QED) is 0.452. The van der Waals surface area contributed by atoms with E-state index in [0.717, 1.165) is 42.6 Å². The SMILES string of the molecule is CCCCCCN(CCC(=O)OC)C(=O)COc1cccc(C)c1C. The number of rotatable bonds is 11.